The Labute approximate surface area is 155 Å². The second kappa shape index (κ2) is 7.55. The summed E-state index contributed by atoms with van der Waals surface area (Å²) in [5.41, 5.74) is 0.816. The van der Waals surface area contributed by atoms with Crippen molar-refractivity contribution in [2.75, 3.05) is 23.3 Å². The average Bonchev–Trinajstić information content (AvgIpc) is 3.36. The molecule has 1 aliphatic rings. The van der Waals surface area contributed by atoms with Gasteiger partial charge in [-0.2, -0.15) is 0 Å². The van der Waals surface area contributed by atoms with Gasteiger partial charge in [-0.1, -0.05) is 13.0 Å². The molecule has 0 radical (unpaired) electrons. The van der Waals surface area contributed by atoms with Crippen LogP contribution in [-0.4, -0.2) is 44.6 Å². The van der Waals surface area contributed by atoms with Crippen molar-refractivity contribution in [3.8, 4) is 0 Å². The number of thiophene rings is 1. The second-order valence-corrected chi connectivity index (χ2v) is 7.57. The number of anilines is 2. The fraction of sp³-hybridized carbons (Fsp3) is 0.529. The van der Waals surface area contributed by atoms with Gasteiger partial charge in [0.05, 0.1) is 12.6 Å². The minimum Gasteiger partial charge on any atom is -0.393 e. The van der Waals surface area contributed by atoms with Crippen molar-refractivity contribution in [3.05, 3.63) is 22.4 Å². The molecular weight excluding hydrogens is 352 g/mol. The molecule has 2 N–H and O–H groups in total. The number of hydrogen-bond acceptors (Lipinski definition) is 9. The number of aromatic nitrogens is 4. The molecule has 4 heterocycles. The molecule has 0 unspecified atom stereocenters. The summed E-state index contributed by atoms with van der Waals surface area (Å²) in [5.74, 6) is 1.81. The lowest BCUT2D eigenvalue weighted by molar-refractivity contribution is 0.0892. The highest BCUT2D eigenvalue weighted by atomic mass is 32.1. The number of fused-ring (bicyclic) bond motifs is 1. The van der Waals surface area contributed by atoms with Crippen LogP contribution in [0.4, 0.5) is 11.6 Å². The van der Waals surface area contributed by atoms with Gasteiger partial charge in [0, 0.05) is 18.0 Å². The van der Waals surface area contributed by atoms with Crippen LogP contribution in [0.3, 0.4) is 0 Å². The number of nitrogens with zero attached hydrogens (tertiary/aromatic N) is 5. The van der Waals surface area contributed by atoms with E-state index in [1.165, 1.54) is 4.88 Å². The zero-order valence-electron chi connectivity index (χ0n) is 14.6. The van der Waals surface area contributed by atoms with Crippen molar-refractivity contribution in [3.63, 3.8) is 0 Å². The fourth-order valence-corrected chi connectivity index (χ4v) is 4.03. The van der Waals surface area contributed by atoms with Crippen molar-refractivity contribution < 1.29 is 9.74 Å². The van der Waals surface area contributed by atoms with E-state index >= 15 is 0 Å². The van der Waals surface area contributed by atoms with Crippen LogP contribution >= 0.6 is 11.3 Å². The summed E-state index contributed by atoms with van der Waals surface area (Å²) < 4.78 is 4.77. The first kappa shape index (κ1) is 17.2. The summed E-state index contributed by atoms with van der Waals surface area (Å²) in [5, 5.41) is 23.2. The Morgan fingerprint density at radius 1 is 1.31 bits per heavy atom. The molecule has 4 rings (SSSR count). The van der Waals surface area contributed by atoms with E-state index in [1.54, 1.807) is 11.3 Å². The molecule has 138 valence electrons. The third kappa shape index (κ3) is 3.49. The molecule has 0 aliphatic carbocycles. The molecule has 0 bridgehead atoms. The third-order valence-corrected chi connectivity index (χ3v) is 5.78. The van der Waals surface area contributed by atoms with Crippen LogP contribution in [0, 0.1) is 5.92 Å². The first-order valence-corrected chi connectivity index (χ1v) is 9.82. The van der Waals surface area contributed by atoms with Gasteiger partial charge in [-0.15, -0.1) is 11.3 Å². The van der Waals surface area contributed by atoms with Crippen molar-refractivity contribution in [2.45, 2.75) is 38.8 Å². The minimum absolute atomic E-state index is 0.220. The van der Waals surface area contributed by atoms with Crippen molar-refractivity contribution >= 4 is 34.3 Å². The summed E-state index contributed by atoms with van der Waals surface area (Å²) in [6.45, 7) is 4.38. The monoisotopic (exact) mass is 374 g/mol. The van der Waals surface area contributed by atoms with E-state index in [4.69, 9.17) is 4.63 Å². The van der Waals surface area contributed by atoms with Crippen LogP contribution < -0.4 is 10.2 Å². The Bertz CT molecular complexity index is 844. The number of piperidine rings is 1. The van der Waals surface area contributed by atoms with Crippen LogP contribution in [0.15, 0.2) is 22.1 Å². The van der Waals surface area contributed by atoms with Gasteiger partial charge in [0.2, 0.25) is 11.3 Å². The summed E-state index contributed by atoms with van der Waals surface area (Å²) in [4.78, 5) is 12.6. The molecule has 0 aromatic carbocycles. The highest BCUT2D eigenvalue weighted by Gasteiger charge is 2.27. The van der Waals surface area contributed by atoms with Gasteiger partial charge >= 0.3 is 0 Å². The van der Waals surface area contributed by atoms with E-state index in [0.717, 1.165) is 38.2 Å². The zero-order chi connectivity index (χ0) is 17.9. The standard InChI is InChI=1S/C17H22N6O2S/c1-2-13(24)11-5-7-23(8-6-11)17-16(18-10-12-4-3-9-26-12)19-14-15(20-17)22-25-21-14/h3-4,9,11,13,24H,2,5-8,10H2,1H3,(H,18,19,21)/t13-/m1/s1. The SMILES string of the molecule is CC[C@@H](O)C1CCN(c2nc3nonc3nc2NCc2cccs2)CC1. The Hall–Kier alpha value is -2.26. The molecule has 0 spiro atoms. The molecule has 3 aromatic rings. The molecule has 8 nitrogen and oxygen atoms in total. The molecule has 1 fully saturated rings. The lowest BCUT2D eigenvalue weighted by atomic mass is 9.90. The number of aliphatic hydroxyl groups excluding tert-OH is 1. The van der Waals surface area contributed by atoms with Gasteiger partial charge in [-0.3, -0.25) is 0 Å². The smallest absolute Gasteiger partial charge is 0.245 e. The Morgan fingerprint density at radius 3 is 2.77 bits per heavy atom. The van der Waals surface area contributed by atoms with Crippen molar-refractivity contribution in [2.24, 2.45) is 5.92 Å². The van der Waals surface area contributed by atoms with Crippen molar-refractivity contribution in [1.29, 1.82) is 0 Å². The van der Waals surface area contributed by atoms with E-state index in [-0.39, 0.29) is 6.10 Å². The minimum atomic E-state index is -0.220. The number of hydrogen-bond donors (Lipinski definition) is 2. The molecule has 3 aromatic heterocycles. The zero-order valence-corrected chi connectivity index (χ0v) is 15.4. The van der Waals surface area contributed by atoms with Gasteiger partial charge in [0.1, 0.15) is 0 Å². The lowest BCUT2D eigenvalue weighted by Gasteiger charge is -2.35. The normalized spacial score (nSPS) is 16.9. The molecule has 1 aliphatic heterocycles. The maximum absolute atomic E-state index is 10.1. The molecule has 1 saturated heterocycles. The molecule has 26 heavy (non-hydrogen) atoms. The van der Waals surface area contributed by atoms with Crippen LogP contribution in [0.1, 0.15) is 31.1 Å². The molecule has 0 amide bonds. The number of rotatable bonds is 6. The topological polar surface area (TPSA) is 100 Å². The fourth-order valence-electron chi connectivity index (χ4n) is 3.38. The molecular formula is C17H22N6O2S. The Morgan fingerprint density at radius 2 is 2.08 bits per heavy atom. The van der Waals surface area contributed by atoms with Crippen molar-refractivity contribution in [1.82, 2.24) is 20.3 Å². The largest absolute Gasteiger partial charge is 0.393 e. The van der Waals surface area contributed by atoms with Gasteiger partial charge in [0.25, 0.3) is 0 Å². The highest BCUT2D eigenvalue weighted by molar-refractivity contribution is 7.09. The van der Waals surface area contributed by atoms with Crippen LogP contribution in [0.25, 0.3) is 11.3 Å². The summed E-state index contributed by atoms with van der Waals surface area (Å²) in [6.07, 6.45) is 2.46. The quantitative estimate of drug-likeness (QED) is 0.679. The van der Waals surface area contributed by atoms with Crippen LogP contribution in [0.2, 0.25) is 0 Å². The summed E-state index contributed by atoms with van der Waals surface area (Å²) >= 11 is 1.70. The summed E-state index contributed by atoms with van der Waals surface area (Å²) in [6, 6.07) is 4.11. The maximum atomic E-state index is 10.1. The Kier molecular flexibility index (Phi) is 4.98. The van der Waals surface area contributed by atoms with E-state index in [9.17, 15) is 5.11 Å². The second-order valence-electron chi connectivity index (χ2n) is 6.54. The molecule has 1 atom stereocenters. The Balaban J connectivity index is 1.55. The number of nitrogens with one attached hydrogen (secondary N) is 1. The van der Waals surface area contributed by atoms with E-state index in [2.05, 4.69) is 41.9 Å². The number of aliphatic hydroxyl groups is 1. The van der Waals surface area contributed by atoms with Gasteiger partial charge in [-0.05, 0) is 46.9 Å². The molecule has 0 saturated carbocycles. The van der Waals surface area contributed by atoms with Gasteiger partial charge < -0.3 is 15.3 Å². The first-order valence-electron chi connectivity index (χ1n) is 8.94. The van der Waals surface area contributed by atoms with E-state index in [1.807, 2.05) is 13.0 Å². The summed E-state index contributed by atoms with van der Waals surface area (Å²) in [7, 11) is 0. The third-order valence-electron chi connectivity index (χ3n) is 4.91. The maximum Gasteiger partial charge on any atom is 0.245 e. The van der Waals surface area contributed by atoms with Crippen LogP contribution in [0.5, 0.6) is 0 Å². The van der Waals surface area contributed by atoms with E-state index < -0.39 is 0 Å². The van der Waals surface area contributed by atoms with Gasteiger partial charge in [0.15, 0.2) is 11.6 Å². The van der Waals surface area contributed by atoms with Crippen LogP contribution in [-0.2, 0) is 6.54 Å². The van der Waals surface area contributed by atoms with E-state index in [0.29, 0.717) is 29.6 Å². The predicted octanol–water partition coefficient (Wildman–Crippen LogP) is 2.67. The average molecular weight is 374 g/mol. The molecule has 9 heteroatoms. The highest BCUT2D eigenvalue weighted by Crippen LogP contribution is 2.30. The lowest BCUT2D eigenvalue weighted by Crippen LogP contribution is -2.38. The van der Waals surface area contributed by atoms with Gasteiger partial charge in [-0.25, -0.2) is 14.6 Å². The predicted molar refractivity (Wildman–Crippen MR) is 100 cm³/mol. The first-order chi connectivity index (χ1) is 12.7.